The lowest BCUT2D eigenvalue weighted by molar-refractivity contribution is 0.0577. The highest BCUT2D eigenvalue weighted by molar-refractivity contribution is 6.31. The summed E-state index contributed by atoms with van der Waals surface area (Å²) in [6.07, 6.45) is 1.31. The Balaban J connectivity index is 2.69. The van der Waals surface area contributed by atoms with Crippen molar-refractivity contribution in [2.75, 3.05) is 13.1 Å². The normalized spacial score (nSPS) is 14.9. The average Bonchev–Trinajstić information content (AvgIpc) is 2.55. The van der Waals surface area contributed by atoms with Crippen molar-refractivity contribution in [3.05, 3.63) is 16.4 Å². The van der Waals surface area contributed by atoms with Gasteiger partial charge in [-0.1, -0.05) is 32.4 Å². The Morgan fingerprint density at radius 1 is 1.47 bits per heavy atom. The van der Waals surface area contributed by atoms with Crippen LogP contribution in [0.5, 0.6) is 0 Å². The molecule has 5 heteroatoms. The molecule has 0 aliphatic carbocycles. The minimum atomic E-state index is -0.822. The molecule has 4 nitrogen and oxygen atoms in total. The van der Waals surface area contributed by atoms with Crippen LogP contribution in [0.3, 0.4) is 0 Å². The van der Waals surface area contributed by atoms with Gasteiger partial charge >= 0.3 is 0 Å². The van der Waals surface area contributed by atoms with E-state index in [1.54, 1.807) is 4.68 Å². The third-order valence-electron chi connectivity index (χ3n) is 3.11. The maximum atomic E-state index is 10.4. The number of hydrogen-bond acceptors (Lipinski definition) is 3. The highest BCUT2D eigenvalue weighted by atomic mass is 35.5. The fraction of sp³-hybridized carbons (Fsp3) is 0.786. The molecule has 1 aromatic heterocycles. The van der Waals surface area contributed by atoms with Crippen LogP contribution in [0, 0.1) is 5.92 Å². The van der Waals surface area contributed by atoms with E-state index in [1.165, 1.54) is 0 Å². The van der Waals surface area contributed by atoms with Crippen LogP contribution in [0.25, 0.3) is 0 Å². The van der Waals surface area contributed by atoms with Crippen molar-refractivity contribution in [2.24, 2.45) is 13.0 Å². The third-order valence-corrected chi connectivity index (χ3v) is 3.55. The van der Waals surface area contributed by atoms with Crippen LogP contribution in [0.4, 0.5) is 0 Å². The van der Waals surface area contributed by atoms with Crippen LogP contribution in [0.15, 0.2) is 0 Å². The van der Waals surface area contributed by atoms with Crippen LogP contribution < -0.4 is 5.32 Å². The molecule has 1 heterocycles. The van der Waals surface area contributed by atoms with Gasteiger partial charge in [-0.15, -0.1) is 0 Å². The number of aryl methyl sites for hydroxylation is 2. The van der Waals surface area contributed by atoms with E-state index in [-0.39, 0.29) is 0 Å². The molecule has 0 radical (unpaired) electrons. The molecule has 0 saturated heterocycles. The van der Waals surface area contributed by atoms with Gasteiger partial charge in [0.05, 0.1) is 22.0 Å². The quantitative estimate of drug-likeness (QED) is 0.808. The maximum Gasteiger partial charge on any atom is 0.0850 e. The summed E-state index contributed by atoms with van der Waals surface area (Å²) in [4.78, 5) is 0. The van der Waals surface area contributed by atoms with E-state index in [2.05, 4.69) is 24.3 Å². The molecule has 0 saturated carbocycles. The fourth-order valence-corrected chi connectivity index (χ4v) is 2.43. The van der Waals surface area contributed by atoms with Gasteiger partial charge in [0, 0.05) is 20.0 Å². The summed E-state index contributed by atoms with van der Waals surface area (Å²) in [5.74, 6) is 0.572. The number of halogens is 1. The van der Waals surface area contributed by atoms with E-state index in [9.17, 15) is 5.11 Å². The van der Waals surface area contributed by atoms with Gasteiger partial charge in [0.1, 0.15) is 0 Å². The minimum Gasteiger partial charge on any atom is -0.388 e. The molecule has 19 heavy (non-hydrogen) atoms. The zero-order valence-electron chi connectivity index (χ0n) is 12.6. The van der Waals surface area contributed by atoms with Crippen LogP contribution in [-0.4, -0.2) is 33.6 Å². The first-order chi connectivity index (χ1) is 8.76. The molecular formula is C14H26ClN3O. The molecule has 0 spiro atoms. The molecule has 0 bridgehead atoms. The summed E-state index contributed by atoms with van der Waals surface area (Å²) in [7, 11) is 1.87. The van der Waals surface area contributed by atoms with E-state index in [0.717, 1.165) is 24.4 Å². The standard InChI is InChI=1S/C14H26ClN3O/c1-6-11-13(15)12(18(5)17-11)7-14(4,19)9-16-8-10(2)3/h10,16,19H,6-9H2,1-5H3. The molecule has 1 unspecified atom stereocenters. The molecule has 2 N–H and O–H groups in total. The highest BCUT2D eigenvalue weighted by Gasteiger charge is 2.25. The van der Waals surface area contributed by atoms with Crippen LogP contribution >= 0.6 is 11.6 Å². The van der Waals surface area contributed by atoms with Crippen molar-refractivity contribution >= 4 is 11.6 Å². The van der Waals surface area contributed by atoms with E-state index in [0.29, 0.717) is 23.9 Å². The van der Waals surface area contributed by atoms with E-state index in [4.69, 9.17) is 11.6 Å². The average molecular weight is 288 g/mol. The molecule has 0 fully saturated rings. The van der Waals surface area contributed by atoms with Gasteiger partial charge in [-0.25, -0.2) is 0 Å². The predicted molar refractivity (Wildman–Crippen MR) is 79.6 cm³/mol. The summed E-state index contributed by atoms with van der Waals surface area (Å²) in [5.41, 5.74) is 0.970. The summed E-state index contributed by atoms with van der Waals surface area (Å²) >= 11 is 6.31. The minimum absolute atomic E-state index is 0.500. The summed E-state index contributed by atoms with van der Waals surface area (Å²) < 4.78 is 1.78. The van der Waals surface area contributed by atoms with Crippen molar-refractivity contribution in [2.45, 2.75) is 46.1 Å². The van der Waals surface area contributed by atoms with Gasteiger partial charge in [0.15, 0.2) is 0 Å². The Kier molecular flexibility index (Phi) is 5.83. The monoisotopic (exact) mass is 287 g/mol. The highest BCUT2D eigenvalue weighted by Crippen LogP contribution is 2.24. The first-order valence-corrected chi connectivity index (χ1v) is 7.28. The molecular weight excluding hydrogens is 262 g/mol. The number of hydrogen-bond donors (Lipinski definition) is 2. The largest absolute Gasteiger partial charge is 0.388 e. The van der Waals surface area contributed by atoms with E-state index < -0.39 is 5.60 Å². The zero-order chi connectivity index (χ0) is 14.6. The van der Waals surface area contributed by atoms with E-state index in [1.807, 2.05) is 20.9 Å². The number of nitrogens with zero attached hydrogens (tertiary/aromatic N) is 2. The Morgan fingerprint density at radius 3 is 2.58 bits per heavy atom. The second-order valence-electron chi connectivity index (χ2n) is 5.88. The Hall–Kier alpha value is -0.580. The zero-order valence-corrected chi connectivity index (χ0v) is 13.4. The second kappa shape index (κ2) is 6.73. The van der Waals surface area contributed by atoms with Gasteiger partial charge in [-0.05, 0) is 25.8 Å². The lowest BCUT2D eigenvalue weighted by Gasteiger charge is -2.24. The molecule has 1 aromatic rings. The molecule has 0 aliphatic heterocycles. The van der Waals surface area contributed by atoms with Gasteiger partial charge in [0.25, 0.3) is 0 Å². The molecule has 110 valence electrons. The third kappa shape index (κ3) is 4.79. The summed E-state index contributed by atoms with van der Waals surface area (Å²) in [5, 5.41) is 18.8. The van der Waals surface area contributed by atoms with Crippen molar-refractivity contribution in [1.29, 1.82) is 0 Å². The summed E-state index contributed by atoms with van der Waals surface area (Å²) in [6.45, 7) is 9.60. The Morgan fingerprint density at radius 2 is 2.11 bits per heavy atom. The number of aliphatic hydroxyl groups is 1. The fourth-order valence-electron chi connectivity index (χ4n) is 2.07. The van der Waals surface area contributed by atoms with E-state index >= 15 is 0 Å². The topological polar surface area (TPSA) is 50.1 Å². The number of aromatic nitrogens is 2. The second-order valence-corrected chi connectivity index (χ2v) is 6.26. The Labute approximate surface area is 121 Å². The smallest absolute Gasteiger partial charge is 0.0850 e. The van der Waals surface area contributed by atoms with Crippen molar-refractivity contribution in [3.63, 3.8) is 0 Å². The Bertz CT molecular complexity index is 413. The van der Waals surface area contributed by atoms with Crippen LogP contribution in [-0.2, 0) is 19.9 Å². The first kappa shape index (κ1) is 16.5. The lowest BCUT2D eigenvalue weighted by Crippen LogP contribution is -2.41. The molecule has 0 aromatic carbocycles. The van der Waals surface area contributed by atoms with Crippen molar-refractivity contribution in [3.8, 4) is 0 Å². The molecule has 0 amide bonds. The molecule has 1 atom stereocenters. The van der Waals surface area contributed by atoms with Gasteiger partial charge in [-0.3, -0.25) is 4.68 Å². The van der Waals surface area contributed by atoms with Crippen molar-refractivity contribution < 1.29 is 5.11 Å². The summed E-state index contributed by atoms with van der Waals surface area (Å²) in [6, 6.07) is 0. The SMILES string of the molecule is CCc1nn(C)c(CC(C)(O)CNCC(C)C)c1Cl. The predicted octanol–water partition coefficient (Wildman–Crippen LogP) is 2.17. The lowest BCUT2D eigenvalue weighted by atomic mass is 9.99. The van der Waals surface area contributed by atoms with Gasteiger partial charge < -0.3 is 10.4 Å². The molecule has 1 rings (SSSR count). The maximum absolute atomic E-state index is 10.4. The number of nitrogens with one attached hydrogen (secondary N) is 1. The van der Waals surface area contributed by atoms with Crippen LogP contribution in [0.2, 0.25) is 5.02 Å². The number of rotatable bonds is 7. The van der Waals surface area contributed by atoms with Gasteiger partial charge in [-0.2, -0.15) is 5.10 Å². The van der Waals surface area contributed by atoms with Crippen molar-refractivity contribution in [1.82, 2.24) is 15.1 Å². The molecule has 0 aliphatic rings. The van der Waals surface area contributed by atoms with Crippen LogP contribution in [0.1, 0.15) is 39.1 Å². The van der Waals surface area contributed by atoms with Gasteiger partial charge in [0.2, 0.25) is 0 Å². The first-order valence-electron chi connectivity index (χ1n) is 6.90.